The number of hydrogen-bond donors (Lipinski definition) is 1. The fourth-order valence-electron chi connectivity index (χ4n) is 2.98. The lowest BCUT2D eigenvalue weighted by Crippen LogP contribution is -2.41. The van der Waals surface area contributed by atoms with Gasteiger partial charge in [0, 0.05) is 0 Å². The molecule has 0 unspecified atom stereocenters. The van der Waals surface area contributed by atoms with Crippen molar-refractivity contribution in [1.29, 1.82) is 0 Å². The van der Waals surface area contributed by atoms with E-state index in [1.807, 2.05) is 13.8 Å². The maximum atomic E-state index is 10.1. The maximum absolute atomic E-state index is 10.1. The maximum Gasteiger partial charge on any atom is 0.0620 e. The van der Waals surface area contributed by atoms with Crippen molar-refractivity contribution in [3.8, 4) is 0 Å². The Balaban J connectivity index is 2.90. The first-order valence-electron chi connectivity index (χ1n) is 6.22. The van der Waals surface area contributed by atoms with Gasteiger partial charge in [0.05, 0.1) is 5.60 Å². The number of allylic oxidation sites excluding steroid dienone is 2. The first-order chi connectivity index (χ1) is 7.20. The summed E-state index contributed by atoms with van der Waals surface area (Å²) in [6.07, 6.45) is 5.28. The van der Waals surface area contributed by atoms with Gasteiger partial charge in [0.25, 0.3) is 0 Å². The zero-order valence-electron chi connectivity index (χ0n) is 11.2. The van der Waals surface area contributed by atoms with Crippen LogP contribution in [-0.4, -0.2) is 10.7 Å². The molecular weight excluding hydrogens is 196 g/mol. The summed E-state index contributed by atoms with van der Waals surface area (Å²) in [4.78, 5) is 0. The highest BCUT2D eigenvalue weighted by atomic mass is 16.3. The van der Waals surface area contributed by atoms with E-state index in [1.54, 1.807) is 0 Å². The molecule has 1 N–H and O–H groups in total. The van der Waals surface area contributed by atoms with Crippen LogP contribution in [0.2, 0.25) is 0 Å². The molecule has 0 aliphatic heterocycles. The van der Waals surface area contributed by atoms with Gasteiger partial charge in [-0.2, -0.15) is 0 Å². The van der Waals surface area contributed by atoms with Gasteiger partial charge in [-0.25, -0.2) is 0 Å². The van der Waals surface area contributed by atoms with Gasteiger partial charge in [0.2, 0.25) is 0 Å². The second-order valence-corrected chi connectivity index (χ2v) is 6.23. The van der Waals surface area contributed by atoms with Crippen LogP contribution in [0.1, 0.15) is 47.0 Å². The van der Waals surface area contributed by atoms with Gasteiger partial charge < -0.3 is 5.11 Å². The third-order valence-corrected chi connectivity index (χ3v) is 4.41. The van der Waals surface area contributed by atoms with Crippen molar-refractivity contribution in [1.82, 2.24) is 0 Å². The van der Waals surface area contributed by atoms with Crippen LogP contribution in [0.15, 0.2) is 24.8 Å². The summed E-state index contributed by atoms with van der Waals surface area (Å²) in [5.41, 5.74) is 0.806. The zero-order chi connectivity index (χ0) is 12.6. The quantitative estimate of drug-likeness (QED) is 0.717. The molecule has 3 atom stereocenters. The van der Waals surface area contributed by atoms with E-state index in [0.717, 1.165) is 19.3 Å². The van der Waals surface area contributed by atoms with Crippen molar-refractivity contribution < 1.29 is 5.11 Å². The van der Waals surface area contributed by atoms with Gasteiger partial charge in [0.1, 0.15) is 0 Å². The summed E-state index contributed by atoms with van der Waals surface area (Å²) in [5, 5.41) is 10.1. The first kappa shape index (κ1) is 13.5. The summed E-state index contributed by atoms with van der Waals surface area (Å²) in [5.74, 6) is 0.831. The molecule has 1 aliphatic carbocycles. The Bertz CT molecular complexity index is 284. The average molecular weight is 222 g/mol. The zero-order valence-corrected chi connectivity index (χ0v) is 11.2. The van der Waals surface area contributed by atoms with Crippen LogP contribution < -0.4 is 0 Å². The highest BCUT2D eigenvalue weighted by molar-refractivity contribution is 5.12. The van der Waals surface area contributed by atoms with Crippen molar-refractivity contribution >= 4 is 0 Å². The monoisotopic (exact) mass is 222 g/mol. The van der Waals surface area contributed by atoms with Gasteiger partial charge in [0.15, 0.2) is 0 Å². The Morgan fingerprint density at radius 1 is 1.50 bits per heavy atom. The lowest BCUT2D eigenvalue weighted by molar-refractivity contribution is -0.0244. The molecule has 0 radical (unpaired) electrons. The molecule has 0 heterocycles. The number of rotatable bonds is 3. The van der Waals surface area contributed by atoms with Gasteiger partial charge in [-0.05, 0) is 57.3 Å². The van der Waals surface area contributed by atoms with Crippen molar-refractivity contribution in [3.05, 3.63) is 24.8 Å². The average Bonchev–Trinajstić information content (AvgIpc) is 2.16. The molecule has 1 fully saturated rings. The van der Waals surface area contributed by atoms with E-state index in [1.165, 1.54) is 5.57 Å². The Kier molecular flexibility index (Phi) is 3.69. The second-order valence-electron chi connectivity index (χ2n) is 6.23. The molecular formula is C15H26O. The van der Waals surface area contributed by atoms with E-state index in [0.29, 0.717) is 11.8 Å². The van der Waals surface area contributed by atoms with E-state index in [4.69, 9.17) is 0 Å². The van der Waals surface area contributed by atoms with Crippen LogP contribution in [0, 0.1) is 17.3 Å². The predicted molar refractivity (Wildman–Crippen MR) is 70.2 cm³/mol. The highest BCUT2D eigenvalue weighted by Crippen LogP contribution is 2.49. The van der Waals surface area contributed by atoms with E-state index >= 15 is 0 Å². The minimum atomic E-state index is -0.573. The molecule has 0 amide bonds. The van der Waals surface area contributed by atoms with Crippen LogP contribution in [-0.2, 0) is 0 Å². The summed E-state index contributed by atoms with van der Waals surface area (Å²) in [7, 11) is 0. The molecule has 1 rings (SSSR count). The summed E-state index contributed by atoms with van der Waals surface area (Å²) < 4.78 is 0. The Morgan fingerprint density at radius 3 is 2.44 bits per heavy atom. The van der Waals surface area contributed by atoms with E-state index in [2.05, 4.69) is 33.1 Å². The Morgan fingerprint density at radius 2 is 2.06 bits per heavy atom. The van der Waals surface area contributed by atoms with Gasteiger partial charge in [-0.3, -0.25) is 0 Å². The molecule has 0 aromatic heterocycles. The molecule has 16 heavy (non-hydrogen) atoms. The third kappa shape index (κ3) is 2.57. The second kappa shape index (κ2) is 4.37. The Labute approximate surface area is 100 Å². The van der Waals surface area contributed by atoms with Crippen LogP contribution in [0.25, 0.3) is 0 Å². The minimum Gasteiger partial charge on any atom is -0.390 e. The van der Waals surface area contributed by atoms with Crippen molar-refractivity contribution in [2.24, 2.45) is 17.3 Å². The fourth-order valence-corrected chi connectivity index (χ4v) is 2.98. The summed E-state index contributed by atoms with van der Waals surface area (Å²) in [6.45, 7) is 16.3. The SMILES string of the molecule is C=C[C@]1(C)CC[C@@H](C(C)(C)O)C[C@H]1C(=C)C. The molecule has 1 saturated carbocycles. The highest BCUT2D eigenvalue weighted by Gasteiger charge is 2.42. The van der Waals surface area contributed by atoms with E-state index in [9.17, 15) is 5.11 Å². The number of hydrogen-bond acceptors (Lipinski definition) is 1. The topological polar surface area (TPSA) is 20.2 Å². The normalized spacial score (nSPS) is 35.8. The standard InChI is InChI=1S/C15H26O/c1-7-15(6)9-8-12(14(4,5)16)10-13(15)11(2)3/h7,12-13,16H,1-2,8-10H2,3-6H3/t12-,13+,15-/m1/s1. The van der Waals surface area contributed by atoms with Gasteiger partial charge in [-0.1, -0.05) is 25.2 Å². The van der Waals surface area contributed by atoms with E-state index in [-0.39, 0.29) is 5.41 Å². The lowest BCUT2D eigenvalue weighted by atomic mass is 9.60. The van der Waals surface area contributed by atoms with Crippen LogP contribution in [0.3, 0.4) is 0 Å². The first-order valence-corrected chi connectivity index (χ1v) is 6.22. The number of aliphatic hydroxyl groups is 1. The summed E-state index contributed by atoms with van der Waals surface area (Å²) in [6, 6.07) is 0. The molecule has 0 spiro atoms. The fraction of sp³-hybridized carbons (Fsp3) is 0.733. The van der Waals surface area contributed by atoms with Gasteiger partial charge in [-0.15, -0.1) is 6.58 Å². The lowest BCUT2D eigenvalue weighted by Gasteiger charge is -2.46. The molecule has 1 aliphatic rings. The largest absolute Gasteiger partial charge is 0.390 e. The predicted octanol–water partition coefficient (Wildman–Crippen LogP) is 3.94. The molecule has 0 aromatic rings. The Hall–Kier alpha value is -0.560. The van der Waals surface area contributed by atoms with Crippen LogP contribution >= 0.6 is 0 Å². The third-order valence-electron chi connectivity index (χ3n) is 4.41. The minimum absolute atomic E-state index is 0.160. The van der Waals surface area contributed by atoms with Crippen LogP contribution in [0.4, 0.5) is 0 Å². The smallest absolute Gasteiger partial charge is 0.0620 e. The van der Waals surface area contributed by atoms with E-state index < -0.39 is 5.60 Å². The van der Waals surface area contributed by atoms with Crippen molar-refractivity contribution in [2.75, 3.05) is 0 Å². The molecule has 1 nitrogen and oxygen atoms in total. The molecule has 0 aromatic carbocycles. The molecule has 0 saturated heterocycles. The van der Waals surface area contributed by atoms with Crippen molar-refractivity contribution in [2.45, 2.75) is 52.6 Å². The molecule has 1 heteroatoms. The van der Waals surface area contributed by atoms with Crippen LogP contribution in [0.5, 0.6) is 0 Å². The summed E-state index contributed by atoms with van der Waals surface area (Å²) >= 11 is 0. The molecule has 0 bridgehead atoms. The van der Waals surface area contributed by atoms with Gasteiger partial charge >= 0.3 is 0 Å². The molecule has 92 valence electrons. The van der Waals surface area contributed by atoms with Crippen molar-refractivity contribution in [3.63, 3.8) is 0 Å².